The van der Waals surface area contributed by atoms with Crippen LogP contribution in [0.4, 0.5) is 0 Å². The first kappa shape index (κ1) is 31.1. The summed E-state index contributed by atoms with van der Waals surface area (Å²) in [6.45, 7) is 8.16. The first-order chi connectivity index (χ1) is 17.8. The number of carboxylic acid groups (broad SMARTS) is 1. The Bertz CT molecular complexity index is 1050. The molecular weight excluding hydrogens is 466 g/mol. The molecule has 6 nitrogen and oxygen atoms in total. The molecule has 0 aromatic heterocycles. The second kappa shape index (κ2) is 18.4. The summed E-state index contributed by atoms with van der Waals surface area (Å²) >= 11 is 0. The maximum Gasteiger partial charge on any atom is 0.306 e. The average Bonchev–Trinajstić information content (AvgIpc) is 2.93. The molecule has 0 saturated carbocycles. The van der Waals surface area contributed by atoms with E-state index in [-0.39, 0.29) is 31.9 Å². The highest BCUT2D eigenvalue weighted by molar-refractivity contribution is 5.81. The van der Waals surface area contributed by atoms with Crippen molar-refractivity contribution in [2.24, 2.45) is 5.92 Å². The molecule has 0 fully saturated rings. The van der Waals surface area contributed by atoms with Gasteiger partial charge in [0.25, 0.3) is 0 Å². The van der Waals surface area contributed by atoms with E-state index in [1.54, 1.807) is 6.92 Å². The molecule has 198 valence electrons. The van der Waals surface area contributed by atoms with Crippen LogP contribution in [0.1, 0.15) is 51.2 Å². The summed E-state index contributed by atoms with van der Waals surface area (Å²) in [6, 6.07) is 28.3. The van der Waals surface area contributed by atoms with Gasteiger partial charge in [-0.3, -0.25) is 14.4 Å². The number of carboxylic acids is 1. The fourth-order valence-corrected chi connectivity index (χ4v) is 3.04. The molecule has 0 aliphatic carbocycles. The topological polar surface area (TPSA) is 92.7 Å². The number of aliphatic carboxylic acids is 1. The Morgan fingerprint density at radius 3 is 1.92 bits per heavy atom. The van der Waals surface area contributed by atoms with Gasteiger partial charge >= 0.3 is 11.9 Å². The van der Waals surface area contributed by atoms with Crippen LogP contribution in [0.15, 0.2) is 84.9 Å². The van der Waals surface area contributed by atoms with Crippen molar-refractivity contribution in [1.29, 1.82) is 0 Å². The van der Waals surface area contributed by atoms with Gasteiger partial charge in [0.2, 0.25) is 5.91 Å². The van der Waals surface area contributed by atoms with Gasteiger partial charge in [-0.15, -0.1) is 0 Å². The number of rotatable bonds is 10. The van der Waals surface area contributed by atoms with Crippen molar-refractivity contribution in [3.05, 3.63) is 96.1 Å². The van der Waals surface area contributed by atoms with Crippen molar-refractivity contribution in [3.63, 3.8) is 0 Å². The lowest BCUT2D eigenvalue weighted by Gasteiger charge is -2.08. The molecule has 0 aliphatic rings. The third kappa shape index (κ3) is 13.7. The van der Waals surface area contributed by atoms with Crippen molar-refractivity contribution in [3.8, 4) is 11.1 Å². The van der Waals surface area contributed by atoms with E-state index in [4.69, 9.17) is 9.84 Å². The lowest BCUT2D eigenvalue weighted by atomic mass is 10.0. The number of carbonyl (C=O) groups is 3. The minimum atomic E-state index is -0.890. The summed E-state index contributed by atoms with van der Waals surface area (Å²) in [7, 11) is 0. The summed E-state index contributed by atoms with van der Waals surface area (Å²) in [6.07, 6.45) is 0.405. The summed E-state index contributed by atoms with van der Waals surface area (Å²) in [4.78, 5) is 33.6. The van der Waals surface area contributed by atoms with Crippen LogP contribution in [-0.4, -0.2) is 29.5 Å². The van der Waals surface area contributed by atoms with Gasteiger partial charge in [-0.2, -0.15) is 0 Å². The van der Waals surface area contributed by atoms with Crippen molar-refractivity contribution in [1.82, 2.24) is 5.32 Å². The van der Waals surface area contributed by atoms with Crippen LogP contribution in [0.5, 0.6) is 0 Å². The molecule has 1 atom stereocenters. The van der Waals surface area contributed by atoms with Crippen molar-refractivity contribution in [2.75, 3.05) is 6.54 Å². The number of carbonyl (C=O) groups excluding carboxylic acids is 2. The number of ether oxygens (including phenoxy) is 1. The van der Waals surface area contributed by atoms with Crippen LogP contribution in [0.3, 0.4) is 0 Å². The van der Waals surface area contributed by atoms with Crippen LogP contribution >= 0.6 is 0 Å². The Kier molecular flexibility index (Phi) is 15.4. The second-order valence-electron chi connectivity index (χ2n) is 8.26. The first-order valence-corrected chi connectivity index (χ1v) is 12.7. The quantitative estimate of drug-likeness (QED) is 0.310. The molecule has 1 unspecified atom stereocenters. The third-order valence-corrected chi connectivity index (χ3v) is 5.28. The van der Waals surface area contributed by atoms with E-state index >= 15 is 0 Å². The molecular formula is C31H39NO5. The monoisotopic (exact) mass is 505 g/mol. The molecule has 3 aromatic carbocycles. The fourth-order valence-electron chi connectivity index (χ4n) is 3.04. The molecule has 3 aromatic rings. The molecule has 2 N–H and O–H groups in total. The molecule has 0 heterocycles. The Morgan fingerprint density at radius 1 is 0.811 bits per heavy atom. The van der Waals surface area contributed by atoms with Gasteiger partial charge in [0.05, 0.1) is 12.3 Å². The zero-order chi connectivity index (χ0) is 27.5. The van der Waals surface area contributed by atoms with Gasteiger partial charge in [0.15, 0.2) is 0 Å². The smallest absolute Gasteiger partial charge is 0.306 e. The minimum Gasteiger partial charge on any atom is -0.481 e. The lowest BCUT2D eigenvalue weighted by molar-refractivity contribution is -0.146. The zero-order valence-corrected chi connectivity index (χ0v) is 22.3. The highest BCUT2D eigenvalue weighted by Gasteiger charge is 2.12. The Hall–Kier alpha value is -3.93. The molecule has 0 radical (unpaired) electrons. The van der Waals surface area contributed by atoms with E-state index in [0.717, 1.165) is 5.56 Å². The number of hydrogen-bond donors (Lipinski definition) is 2. The molecule has 0 saturated heterocycles. The van der Waals surface area contributed by atoms with E-state index in [1.807, 2.05) is 50.2 Å². The number of nitrogens with one attached hydrogen (secondary N) is 1. The summed E-state index contributed by atoms with van der Waals surface area (Å²) in [5.41, 5.74) is 4.76. The summed E-state index contributed by atoms with van der Waals surface area (Å²) < 4.78 is 5.06. The van der Waals surface area contributed by atoms with Gasteiger partial charge in [0.1, 0.15) is 6.61 Å². The van der Waals surface area contributed by atoms with Crippen LogP contribution in [0, 0.1) is 12.8 Å². The van der Waals surface area contributed by atoms with E-state index in [2.05, 4.69) is 60.8 Å². The van der Waals surface area contributed by atoms with Gasteiger partial charge < -0.3 is 15.2 Å². The normalized spacial score (nSPS) is 10.5. The van der Waals surface area contributed by atoms with Gasteiger partial charge in [-0.05, 0) is 30.0 Å². The highest BCUT2D eigenvalue weighted by Crippen LogP contribution is 2.18. The van der Waals surface area contributed by atoms with Crippen molar-refractivity contribution < 1.29 is 24.2 Å². The Balaban J connectivity index is 0.000000385. The maximum absolute atomic E-state index is 11.5. The largest absolute Gasteiger partial charge is 0.481 e. The average molecular weight is 506 g/mol. The number of hydrogen-bond acceptors (Lipinski definition) is 4. The first-order valence-electron chi connectivity index (χ1n) is 12.7. The van der Waals surface area contributed by atoms with E-state index in [0.29, 0.717) is 6.42 Å². The van der Waals surface area contributed by atoms with E-state index < -0.39 is 17.9 Å². The van der Waals surface area contributed by atoms with Crippen LogP contribution in [-0.2, 0) is 25.7 Å². The van der Waals surface area contributed by atoms with E-state index in [9.17, 15) is 14.4 Å². The second-order valence-corrected chi connectivity index (χ2v) is 8.26. The molecule has 1 amide bonds. The predicted octanol–water partition coefficient (Wildman–Crippen LogP) is 6.43. The Morgan fingerprint density at radius 2 is 1.35 bits per heavy atom. The van der Waals surface area contributed by atoms with Crippen molar-refractivity contribution in [2.45, 2.75) is 53.6 Å². The maximum atomic E-state index is 11.5. The fraction of sp³-hybridized carbons (Fsp3) is 0.323. The van der Waals surface area contributed by atoms with Gasteiger partial charge in [-0.25, -0.2) is 0 Å². The SMILES string of the molecule is CC.CC(CCNC(=O)CCC(=O)OCc1ccccc1)C(=O)O.Cc1ccc(-c2ccccc2)cc1. The number of aryl methyl sites for hydroxylation is 1. The van der Waals surface area contributed by atoms with Crippen LogP contribution < -0.4 is 5.32 Å². The number of esters is 1. The minimum absolute atomic E-state index is 0.00709. The zero-order valence-electron chi connectivity index (χ0n) is 22.3. The summed E-state index contributed by atoms with van der Waals surface area (Å²) in [5.74, 6) is -2.11. The molecule has 37 heavy (non-hydrogen) atoms. The molecule has 0 bridgehead atoms. The highest BCUT2D eigenvalue weighted by atomic mass is 16.5. The third-order valence-electron chi connectivity index (χ3n) is 5.28. The van der Waals surface area contributed by atoms with Crippen LogP contribution in [0.25, 0.3) is 11.1 Å². The van der Waals surface area contributed by atoms with E-state index in [1.165, 1.54) is 16.7 Å². The number of amides is 1. The van der Waals surface area contributed by atoms with Gasteiger partial charge in [0, 0.05) is 13.0 Å². The lowest BCUT2D eigenvalue weighted by Crippen LogP contribution is -2.27. The van der Waals surface area contributed by atoms with Crippen LogP contribution in [0.2, 0.25) is 0 Å². The standard InChI is InChI=1S/C16H21NO5.C13H12.C2H6/c1-12(16(20)21)9-10-17-14(18)7-8-15(19)22-11-13-5-3-2-4-6-13;1-11-7-9-13(10-8-11)12-5-3-2-4-6-12;1-2/h2-6,12H,7-11H2,1H3,(H,17,18)(H,20,21);2-10H,1H3;1-2H3. The molecule has 0 spiro atoms. The molecule has 3 rings (SSSR count). The molecule has 0 aliphatic heterocycles. The summed E-state index contributed by atoms with van der Waals surface area (Å²) in [5, 5.41) is 11.3. The number of benzene rings is 3. The van der Waals surface area contributed by atoms with Gasteiger partial charge in [-0.1, -0.05) is 111 Å². The Labute approximate surface area is 220 Å². The molecule has 6 heteroatoms. The predicted molar refractivity (Wildman–Crippen MR) is 148 cm³/mol. The van der Waals surface area contributed by atoms with Crippen molar-refractivity contribution >= 4 is 17.8 Å².